The van der Waals surface area contributed by atoms with Crippen LogP contribution in [0.15, 0.2) is 12.1 Å². The summed E-state index contributed by atoms with van der Waals surface area (Å²) in [5, 5.41) is 9.10. The van der Waals surface area contributed by atoms with Gasteiger partial charge in [0.05, 0.1) is 21.3 Å². The van der Waals surface area contributed by atoms with Crippen molar-refractivity contribution in [3.8, 4) is 17.2 Å². The van der Waals surface area contributed by atoms with E-state index in [0.29, 0.717) is 29.1 Å². The summed E-state index contributed by atoms with van der Waals surface area (Å²) in [7, 11) is 4.81. The lowest BCUT2D eigenvalue weighted by molar-refractivity contribution is 0.273. The highest BCUT2D eigenvalue weighted by Gasteiger charge is 2.38. The third kappa shape index (κ3) is 2.17. The standard InChI is InChI=1S/C13H18O4/c1-15-11-5-8(10-4-9(10)7-14)6-12(16-2)13(11)17-3/h5-6,9-10,14H,4,7H2,1-3H3/t9-,10-/m1/s1. The lowest BCUT2D eigenvalue weighted by Gasteiger charge is -2.14. The van der Waals surface area contributed by atoms with Gasteiger partial charge in [0.25, 0.3) is 0 Å². The minimum Gasteiger partial charge on any atom is -0.493 e. The highest BCUT2D eigenvalue weighted by atomic mass is 16.5. The molecule has 0 heterocycles. The molecule has 17 heavy (non-hydrogen) atoms. The number of aliphatic hydroxyl groups is 1. The molecule has 0 saturated heterocycles. The average Bonchev–Trinajstić information content (AvgIpc) is 3.16. The fourth-order valence-electron chi connectivity index (χ4n) is 2.17. The van der Waals surface area contributed by atoms with E-state index in [-0.39, 0.29) is 6.61 Å². The molecule has 2 rings (SSSR count). The summed E-state index contributed by atoms with van der Waals surface area (Å²) in [6, 6.07) is 3.92. The molecule has 0 bridgehead atoms. The predicted molar refractivity (Wildman–Crippen MR) is 64.0 cm³/mol. The minimum absolute atomic E-state index is 0.237. The first-order chi connectivity index (χ1) is 8.24. The van der Waals surface area contributed by atoms with E-state index in [4.69, 9.17) is 19.3 Å². The van der Waals surface area contributed by atoms with Crippen molar-refractivity contribution >= 4 is 0 Å². The van der Waals surface area contributed by atoms with Crippen LogP contribution < -0.4 is 14.2 Å². The van der Waals surface area contributed by atoms with E-state index in [0.717, 1.165) is 12.0 Å². The van der Waals surface area contributed by atoms with E-state index >= 15 is 0 Å². The fraction of sp³-hybridized carbons (Fsp3) is 0.538. The molecule has 94 valence electrons. The molecule has 1 fully saturated rings. The SMILES string of the molecule is COc1cc([C@H]2C[C@@H]2CO)cc(OC)c1OC. The van der Waals surface area contributed by atoms with Gasteiger partial charge < -0.3 is 19.3 Å². The summed E-state index contributed by atoms with van der Waals surface area (Å²) in [5.41, 5.74) is 1.14. The van der Waals surface area contributed by atoms with Crippen molar-refractivity contribution in [2.24, 2.45) is 5.92 Å². The first-order valence-corrected chi connectivity index (χ1v) is 5.65. The molecule has 1 saturated carbocycles. The summed E-state index contributed by atoms with van der Waals surface area (Å²) in [4.78, 5) is 0. The topological polar surface area (TPSA) is 47.9 Å². The van der Waals surface area contributed by atoms with Gasteiger partial charge in [-0.3, -0.25) is 0 Å². The van der Waals surface area contributed by atoms with Crippen LogP contribution in [-0.2, 0) is 0 Å². The van der Waals surface area contributed by atoms with Crippen LogP contribution in [0.25, 0.3) is 0 Å². The van der Waals surface area contributed by atoms with Gasteiger partial charge in [-0.1, -0.05) is 0 Å². The van der Waals surface area contributed by atoms with Gasteiger partial charge in [-0.05, 0) is 36.0 Å². The Morgan fingerprint density at radius 1 is 1.12 bits per heavy atom. The summed E-state index contributed by atoms with van der Waals surface area (Å²) in [6.07, 6.45) is 1.02. The van der Waals surface area contributed by atoms with E-state index in [2.05, 4.69) is 0 Å². The van der Waals surface area contributed by atoms with Crippen molar-refractivity contribution in [2.45, 2.75) is 12.3 Å². The number of methoxy groups -OCH3 is 3. The summed E-state index contributed by atoms with van der Waals surface area (Å²) in [5.74, 6) is 2.74. The fourth-order valence-corrected chi connectivity index (χ4v) is 2.17. The normalized spacial score (nSPS) is 22.1. The monoisotopic (exact) mass is 238 g/mol. The Bertz CT molecular complexity index is 377. The third-order valence-electron chi connectivity index (χ3n) is 3.27. The van der Waals surface area contributed by atoms with E-state index in [1.165, 1.54) is 0 Å². The molecule has 1 N–H and O–H groups in total. The molecule has 2 atom stereocenters. The Hall–Kier alpha value is -1.42. The Kier molecular flexibility index (Phi) is 3.43. The molecule has 0 unspecified atom stereocenters. The maximum absolute atomic E-state index is 9.10. The highest BCUT2D eigenvalue weighted by Crippen LogP contribution is 2.50. The van der Waals surface area contributed by atoms with Crippen molar-refractivity contribution in [1.29, 1.82) is 0 Å². The van der Waals surface area contributed by atoms with Crippen LogP contribution in [0.5, 0.6) is 17.2 Å². The Labute approximate surface area is 101 Å². The van der Waals surface area contributed by atoms with Crippen molar-refractivity contribution < 1.29 is 19.3 Å². The van der Waals surface area contributed by atoms with Gasteiger partial charge in [0.1, 0.15) is 0 Å². The lowest BCUT2D eigenvalue weighted by atomic mass is 10.1. The Morgan fingerprint density at radius 3 is 2.06 bits per heavy atom. The van der Waals surface area contributed by atoms with Crippen LogP contribution in [0, 0.1) is 5.92 Å². The molecule has 0 radical (unpaired) electrons. The highest BCUT2D eigenvalue weighted by molar-refractivity contribution is 5.55. The van der Waals surface area contributed by atoms with E-state index in [1.807, 2.05) is 12.1 Å². The largest absolute Gasteiger partial charge is 0.493 e. The first-order valence-electron chi connectivity index (χ1n) is 5.65. The Balaban J connectivity index is 2.35. The molecule has 1 aromatic rings. The number of benzene rings is 1. The zero-order valence-electron chi connectivity index (χ0n) is 10.4. The molecule has 0 spiro atoms. The Morgan fingerprint density at radius 2 is 1.71 bits per heavy atom. The smallest absolute Gasteiger partial charge is 0.203 e. The van der Waals surface area contributed by atoms with Gasteiger partial charge in [-0.2, -0.15) is 0 Å². The average molecular weight is 238 g/mol. The predicted octanol–water partition coefficient (Wildman–Crippen LogP) is 1.81. The first kappa shape index (κ1) is 12.0. The van der Waals surface area contributed by atoms with Crippen molar-refractivity contribution in [2.75, 3.05) is 27.9 Å². The van der Waals surface area contributed by atoms with E-state index < -0.39 is 0 Å². The van der Waals surface area contributed by atoms with Crippen LogP contribution in [0.1, 0.15) is 17.9 Å². The summed E-state index contributed by atoms with van der Waals surface area (Å²) in [6.45, 7) is 0.237. The number of hydrogen-bond acceptors (Lipinski definition) is 4. The second-order valence-corrected chi connectivity index (χ2v) is 4.24. The third-order valence-corrected chi connectivity index (χ3v) is 3.27. The van der Waals surface area contributed by atoms with Gasteiger partial charge >= 0.3 is 0 Å². The van der Waals surface area contributed by atoms with Gasteiger partial charge in [0.2, 0.25) is 5.75 Å². The second-order valence-electron chi connectivity index (χ2n) is 4.24. The number of rotatable bonds is 5. The minimum atomic E-state index is 0.237. The van der Waals surface area contributed by atoms with Crippen molar-refractivity contribution in [3.63, 3.8) is 0 Å². The number of hydrogen-bond donors (Lipinski definition) is 1. The molecule has 0 aliphatic heterocycles. The molecule has 1 aliphatic carbocycles. The van der Waals surface area contributed by atoms with Crippen LogP contribution >= 0.6 is 0 Å². The van der Waals surface area contributed by atoms with E-state index in [9.17, 15) is 0 Å². The van der Waals surface area contributed by atoms with Gasteiger partial charge in [0, 0.05) is 6.61 Å². The van der Waals surface area contributed by atoms with Gasteiger partial charge in [0.15, 0.2) is 11.5 Å². The molecular formula is C13H18O4. The molecule has 1 aromatic carbocycles. The molecule has 0 aromatic heterocycles. The van der Waals surface area contributed by atoms with Crippen LogP contribution in [0.3, 0.4) is 0 Å². The van der Waals surface area contributed by atoms with Gasteiger partial charge in [-0.15, -0.1) is 0 Å². The van der Waals surface area contributed by atoms with E-state index in [1.54, 1.807) is 21.3 Å². The molecule has 0 amide bonds. The van der Waals surface area contributed by atoms with Gasteiger partial charge in [-0.25, -0.2) is 0 Å². The van der Waals surface area contributed by atoms with Crippen LogP contribution in [-0.4, -0.2) is 33.0 Å². The summed E-state index contributed by atoms with van der Waals surface area (Å²) >= 11 is 0. The molecular weight excluding hydrogens is 220 g/mol. The lowest BCUT2D eigenvalue weighted by Crippen LogP contribution is -1.97. The molecule has 1 aliphatic rings. The molecule has 4 heteroatoms. The maximum Gasteiger partial charge on any atom is 0.203 e. The number of aliphatic hydroxyl groups excluding tert-OH is 1. The molecule has 4 nitrogen and oxygen atoms in total. The quantitative estimate of drug-likeness (QED) is 0.850. The maximum atomic E-state index is 9.10. The zero-order chi connectivity index (χ0) is 12.4. The van der Waals surface area contributed by atoms with Crippen molar-refractivity contribution in [3.05, 3.63) is 17.7 Å². The van der Waals surface area contributed by atoms with Crippen LogP contribution in [0.4, 0.5) is 0 Å². The summed E-state index contributed by atoms with van der Waals surface area (Å²) < 4.78 is 15.9. The second kappa shape index (κ2) is 4.84. The van der Waals surface area contributed by atoms with Crippen LogP contribution in [0.2, 0.25) is 0 Å². The van der Waals surface area contributed by atoms with Crippen molar-refractivity contribution in [1.82, 2.24) is 0 Å². The number of ether oxygens (including phenoxy) is 3. The zero-order valence-corrected chi connectivity index (χ0v) is 10.4.